The van der Waals surface area contributed by atoms with Gasteiger partial charge in [0, 0.05) is 50.8 Å². The molecule has 328 valence electrons. The van der Waals surface area contributed by atoms with Gasteiger partial charge in [0.25, 0.3) is 0 Å². The number of aromatic nitrogens is 9. The first-order valence-electron chi connectivity index (χ1n) is 23.5. The first-order chi connectivity index (χ1) is 34.2. The summed E-state index contributed by atoms with van der Waals surface area (Å²) in [5, 5.41) is 0. The van der Waals surface area contributed by atoms with Gasteiger partial charge in [-0.1, -0.05) is 146 Å². The number of fused-ring (bicyclic) bond motifs is 3. The maximum Gasteiger partial charge on any atom is 0.164 e. The van der Waals surface area contributed by atoms with Crippen LogP contribution in [0, 0.1) is 0 Å². The van der Waals surface area contributed by atoms with Crippen molar-refractivity contribution in [3.63, 3.8) is 0 Å². The van der Waals surface area contributed by atoms with Crippen LogP contribution in [0.1, 0.15) is 36.8 Å². The van der Waals surface area contributed by atoms with E-state index in [0.717, 1.165) is 115 Å². The van der Waals surface area contributed by atoms with Crippen LogP contribution in [0.4, 0.5) is 0 Å². The van der Waals surface area contributed by atoms with Crippen molar-refractivity contribution in [2.24, 2.45) is 0 Å². The number of allylic oxidation sites excluding steroid dienone is 8. The van der Waals surface area contributed by atoms with Gasteiger partial charge < -0.3 is 0 Å². The highest BCUT2D eigenvalue weighted by molar-refractivity contribution is 5.86. The number of hydrogen-bond donors (Lipinski definition) is 0. The molecule has 13 rings (SSSR count). The number of nitrogens with zero attached hydrogens (tertiary/aromatic N) is 9. The lowest BCUT2D eigenvalue weighted by atomic mass is 10.00. The quantitative estimate of drug-likeness (QED) is 0.143. The van der Waals surface area contributed by atoms with Crippen LogP contribution in [-0.2, 0) is 0 Å². The Morgan fingerprint density at radius 1 is 0.391 bits per heavy atom. The zero-order valence-electron chi connectivity index (χ0n) is 37.5. The Labute approximate surface area is 398 Å². The molecule has 69 heavy (non-hydrogen) atoms. The van der Waals surface area contributed by atoms with E-state index in [4.69, 9.17) is 29.9 Å². The van der Waals surface area contributed by atoms with E-state index in [2.05, 4.69) is 196 Å². The highest BCUT2D eigenvalue weighted by Crippen LogP contribution is 2.36. The Morgan fingerprint density at radius 2 is 0.884 bits per heavy atom. The third-order valence-electron chi connectivity index (χ3n) is 13.0. The van der Waals surface area contributed by atoms with E-state index in [9.17, 15) is 0 Å². The van der Waals surface area contributed by atoms with Crippen LogP contribution in [0.2, 0.25) is 0 Å². The number of rotatable bonds is 9. The molecule has 0 amide bonds. The normalized spacial score (nSPS) is 14.6. The summed E-state index contributed by atoms with van der Waals surface area (Å²) in [7, 11) is 0. The largest absolute Gasteiger partial charge is 0.296 e. The van der Waals surface area contributed by atoms with Crippen molar-refractivity contribution >= 4 is 38.7 Å². The summed E-state index contributed by atoms with van der Waals surface area (Å²) in [6.07, 6.45) is 18.2. The second-order valence-corrected chi connectivity index (χ2v) is 17.4. The Morgan fingerprint density at radius 3 is 1.43 bits per heavy atom. The average molecular weight is 890 g/mol. The van der Waals surface area contributed by atoms with Crippen molar-refractivity contribution in [3.8, 4) is 62.6 Å². The van der Waals surface area contributed by atoms with Crippen molar-refractivity contribution < 1.29 is 0 Å². The predicted molar refractivity (Wildman–Crippen MR) is 277 cm³/mol. The van der Waals surface area contributed by atoms with Gasteiger partial charge in [-0.05, 0) is 92.1 Å². The fraction of sp³-hybridized carbons (Fsp3) is 0.0667. The molecular weight excluding hydrogens is 847 g/mol. The number of para-hydroxylation sites is 6. The molecule has 2 aliphatic rings. The van der Waals surface area contributed by atoms with Gasteiger partial charge in [0.05, 0.1) is 33.1 Å². The maximum atomic E-state index is 5.33. The molecule has 4 heterocycles. The molecule has 4 aromatic heterocycles. The van der Waals surface area contributed by atoms with E-state index in [1.54, 1.807) is 0 Å². The van der Waals surface area contributed by atoms with Crippen LogP contribution in [0.3, 0.4) is 0 Å². The first kappa shape index (κ1) is 40.2. The fourth-order valence-corrected chi connectivity index (χ4v) is 9.78. The van der Waals surface area contributed by atoms with Gasteiger partial charge in [-0.15, -0.1) is 0 Å². The van der Waals surface area contributed by atoms with Crippen molar-refractivity contribution in [1.29, 1.82) is 0 Å². The number of benzene rings is 7. The lowest BCUT2D eigenvalue weighted by Gasteiger charge is -2.17. The second kappa shape index (κ2) is 17.0. The molecule has 0 radical (unpaired) electrons. The van der Waals surface area contributed by atoms with E-state index in [1.165, 1.54) is 0 Å². The molecule has 1 atom stereocenters. The van der Waals surface area contributed by atoms with Crippen LogP contribution in [-0.4, -0.2) is 43.6 Å². The topological polar surface area (TPSA) is 92.1 Å². The van der Waals surface area contributed by atoms with E-state index < -0.39 is 0 Å². The molecule has 0 N–H and O–H groups in total. The summed E-state index contributed by atoms with van der Waals surface area (Å²) in [5.74, 6) is 4.56. The minimum absolute atomic E-state index is 0.134. The van der Waals surface area contributed by atoms with Gasteiger partial charge in [0.2, 0.25) is 0 Å². The predicted octanol–water partition coefficient (Wildman–Crippen LogP) is 13.9. The van der Waals surface area contributed by atoms with Gasteiger partial charge in [-0.3, -0.25) is 13.7 Å². The van der Waals surface area contributed by atoms with Crippen LogP contribution in [0.5, 0.6) is 0 Å². The molecule has 9 heteroatoms. The minimum atomic E-state index is 0.134. The first-order valence-corrected chi connectivity index (χ1v) is 23.5. The monoisotopic (exact) mass is 889 g/mol. The third kappa shape index (κ3) is 7.28. The average Bonchev–Trinajstić information content (AvgIpc) is 4.14. The van der Waals surface area contributed by atoms with Crippen molar-refractivity contribution in [3.05, 3.63) is 230 Å². The second-order valence-electron chi connectivity index (χ2n) is 17.4. The van der Waals surface area contributed by atoms with Gasteiger partial charge in [-0.2, -0.15) is 0 Å². The summed E-state index contributed by atoms with van der Waals surface area (Å²) in [5.41, 5.74) is 13.5. The van der Waals surface area contributed by atoms with Gasteiger partial charge in [0.1, 0.15) is 17.5 Å². The highest BCUT2D eigenvalue weighted by Gasteiger charge is 2.23. The number of imidazole rings is 3. The zero-order valence-corrected chi connectivity index (χ0v) is 37.5. The molecule has 0 saturated heterocycles. The Hall–Kier alpha value is -9.08. The molecule has 0 aliphatic heterocycles. The van der Waals surface area contributed by atoms with Crippen LogP contribution in [0.25, 0.3) is 101 Å². The van der Waals surface area contributed by atoms with E-state index in [1.807, 2.05) is 36.4 Å². The lowest BCUT2D eigenvalue weighted by molar-refractivity contribution is 0.758. The lowest BCUT2D eigenvalue weighted by Crippen LogP contribution is -2.07. The molecule has 2 aliphatic carbocycles. The molecule has 7 aromatic carbocycles. The molecule has 0 fully saturated rings. The Balaban J connectivity index is 0.993. The summed E-state index contributed by atoms with van der Waals surface area (Å²) in [6.45, 7) is 0. The molecular formula is C60H43N9. The standard InChI is InChI=1S/C60H43N9/c1-4-19-40(20-5-1)58-61-49-31-10-13-34-52(49)67(58)46-28-16-25-43(37-46)55-64-56(44-26-17-29-47(38-44)68-53-35-14-11-32-50(53)62-59(68)41-21-6-2-7-22-41)66-57(65-55)45-27-18-30-48(39-45)69-54-36-15-12-33-51(54)63-60(69)42-23-8-3-9-24-42/h1-2,4-8,10-21,23-39,41H,3,9,22H2. The van der Waals surface area contributed by atoms with Gasteiger partial charge in [-0.25, -0.2) is 29.9 Å². The molecule has 11 aromatic rings. The van der Waals surface area contributed by atoms with Crippen LogP contribution < -0.4 is 0 Å². The summed E-state index contributed by atoms with van der Waals surface area (Å²) < 4.78 is 6.76. The van der Waals surface area contributed by atoms with Crippen molar-refractivity contribution in [1.82, 2.24) is 43.6 Å². The SMILES string of the molecule is C1=CCC(c2nc3ccccc3n2-c2cccc(-c3nc(-c4cccc(-n5c(C6=CCCC=C6)nc6ccccc65)c4)nc(-c4cccc(-n5c(-c6ccccc6)nc6ccccc65)c4)n3)c2)C=C1. The Bertz CT molecular complexity index is 3900. The summed E-state index contributed by atoms with van der Waals surface area (Å²) in [6, 6.07) is 60.6. The molecule has 0 bridgehead atoms. The zero-order chi connectivity index (χ0) is 45.7. The van der Waals surface area contributed by atoms with Crippen molar-refractivity contribution in [2.45, 2.75) is 25.2 Å². The van der Waals surface area contributed by atoms with E-state index in [-0.39, 0.29) is 5.92 Å². The minimum Gasteiger partial charge on any atom is -0.296 e. The van der Waals surface area contributed by atoms with Gasteiger partial charge >= 0.3 is 0 Å². The Kier molecular flexibility index (Phi) is 9.89. The van der Waals surface area contributed by atoms with Gasteiger partial charge in [0.15, 0.2) is 17.5 Å². The fourth-order valence-electron chi connectivity index (χ4n) is 9.78. The van der Waals surface area contributed by atoms with E-state index >= 15 is 0 Å². The van der Waals surface area contributed by atoms with Crippen LogP contribution in [0.15, 0.2) is 218 Å². The molecule has 0 spiro atoms. The molecule has 0 saturated carbocycles. The third-order valence-corrected chi connectivity index (χ3v) is 13.0. The molecule has 1 unspecified atom stereocenters. The maximum absolute atomic E-state index is 5.33. The molecule has 9 nitrogen and oxygen atoms in total. The number of hydrogen-bond acceptors (Lipinski definition) is 6. The van der Waals surface area contributed by atoms with Crippen LogP contribution >= 0.6 is 0 Å². The smallest absolute Gasteiger partial charge is 0.164 e. The summed E-state index contributed by atoms with van der Waals surface area (Å²) in [4.78, 5) is 31.5. The van der Waals surface area contributed by atoms with E-state index in [0.29, 0.717) is 17.5 Å². The van der Waals surface area contributed by atoms with Crippen molar-refractivity contribution in [2.75, 3.05) is 0 Å². The highest BCUT2D eigenvalue weighted by atomic mass is 15.1. The summed E-state index contributed by atoms with van der Waals surface area (Å²) >= 11 is 0.